The highest BCUT2D eigenvalue weighted by atomic mass is 15.1. The summed E-state index contributed by atoms with van der Waals surface area (Å²) in [6, 6.07) is 9.49. The predicted molar refractivity (Wildman–Crippen MR) is 65.4 cm³/mol. The summed E-state index contributed by atoms with van der Waals surface area (Å²) in [6.07, 6.45) is 1.21. The maximum atomic E-state index is 3.50. The first-order chi connectivity index (χ1) is 7.29. The second-order valence-electron chi connectivity index (χ2n) is 4.43. The lowest BCUT2D eigenvalue weighted by atomic mass is 9.98. The Morgan fingerprint density at radius 3 is 2.47 bits per heavy atom. The fourth-order valence-electron chi connectivity index (χ4n) is 1.77. The van der Waals surface area contributed by atoms with E-state index >= 15 is 0 Å². The average molecular weight is 204 g/mol. The van der Waals surface area contributed by atoms with Gasteiger partial charge in [-0.3, -0.25) is 0 Å². The van der Waals surface area contributed by atoms with Crippen molar-refractivity contribution in [3.63, 3.8) is 0 Å². The Balaban J connectivity index is 1.96. The van der Waals surface area contributed by atoms with Gasteiger partial charge < -0.3 is 10.6 Å². The summed E-state index contributed by atoms with van der Waals surface area (Å²) >= 11 is 0. The Bertz CT molecular complexity index is 301. The summed E-state index contributed by atoms with van der Waals surface area (Å²) < 4.78 is 0. The van der Waals surface area contributed by atoms with Crippen LogP contribution in [0.25, 0.3) is 0 Å². The highest BCUT2D eigenvalue weighted by molar-refractivity contribution is 5.46. The van der Waals surface area contributed by atoms with Crippen LogP contribution in [0.1, 0.15) is 31.7 Å². The molecule has 0 amide bonds. The van der Waals surface area contributed by atoms with E-state index < -0.39 is 0 Å². The van der Waals surface area contributed by atoms with Gasteiger partial charge in [-0.1, -0.05) is 26.0 Å². The van der Waals surface area contributed by atoms with Crippen molar-refractivity contribution < 1.29 is 0 Å². The van der Waals surface area contributed by atoms with Crippen molar-refractivity contribution >= 4 is 5.69 Å². The molecular weight excluding hydrogens is 184 g/mol. The van der Waals surface area contributed by atoms with Gasteiger partial charge >= 0.3 is 0 Å². The van der Waals surface area contributed by atoms with Crippen LogP contribution in [0.4, 0.5) is 5.69 Å². The molecule has 0 bridgehead atoms. The normalized spacial score (nSPS) is 18.3. The molecule has 1 saturated heterocycles. The Morgan fingerprint density at radius 1 is 1.33 bits per heavy atom. The highest BCUT2D eigenvalue weighted by Crippen LogP contribution is 2.20. The lowest BCUT2D eigenvalue weighted by molar-refractivity contribution is 0.472. The van der Waals surface area contributed by atoms with Gasteiger partial charge in [0.15, 0.2) is 0 Å². The summed E-state index contributed by atoms with van der Waals surface area (Å²) in [7, 11) is 0. The Hall–Kier alpha value is -1.02. The van der Waals surface area contributed by atoms with Gasteiger partial charge in [0.25, 0.3) is 0 Å². The van der Waals surface area contributed by atoms with Gasteiger partial charge in [-0.25, -0.2) is 0 Å². The summed E-state index contributed by atoms with van der Waals surface area (Å²) in [6.45, 7) is 6.69. The zero-order valence-corrected chi connectivity index (χ0v) is 9.59. The molecule has 0 aliphatic carbocycles. The van der Waals surface area contributed by atoms with Crippen molar-refractivity contribution in [2.45, 2.75) is 32.2 Å². The minimum Gasteiger partial charge on any atom is -0.380 e. The van der Waals surface area contributed by atoms with Crippen LogP contribution in [0, 0.1) is 0 Å². The molecule has 1 unspecified atom stereocenters. The van der Waals surface area contributed by atoms with Crippen LogP contribution in [0.5, 0.6) is 0 Å². The van der Waals surface area contributed by atoms with E-state index in [1.165, 1.54) is 17.7 Å². The zero-order chi connectivity index (χ0) is 10.7. The maximum Gasteiger partial charge on any atom is 0.0510 e. The molecule has 0 aromatic heterocycles. The summed E-state index contributed by atoms with van der Waals surface area (Å²) in [4.78, 5) is 0. The molecule has 0 radical (unpaired) electrons. The molecule has 82 valence electrons. The van der Waals surface area contributed by atoms with Crippen molar-refractivity contribution in [3.05, 3.63) is 29.8 Å². The summed E-state index contributed by atoms with van der Waals surface area (Å²) in [5, 5.41) is 6.76. The molecular formula is C13H20N2. The first-order valence-electron chi connectivity index (χ1n) is 5.87. The third-order valence-electron chi connectivity index (χ3n) is 3.24. The smallest absolute Gasteiger partial charge is 0.0510 e. The van der Waals surface area contributed by atoms with E-state index in [1.54, 1.807) is 0 Å². The molecule has 15 heavy (non-hydrogen) atoms. The minimum absolute atomic E-state index is 0.624. The molecule has 2 N–H and O–H groups in total. The highest BCUT2D eigenvalue weighted by Gasteiger charge is 2.15. The zero-order valence-electron chi connectivity index (χ0n) is 9.59. The van der Waals surface area contributed by atoms with Crippen molar-refractivity contribution in [2.75, 3.05) is 18.4 Å². The van der Waals surface area contributed by atoms with E-state index in [1.807, 2.05) is 0 Å². The number of hydrogen-bond donors (Lipinski definition) is 2. The molecule has 2 rings (SSSR count). The average Bonchev–Trinajstić information content (AvgIpc) is 2.23. The predicted octanol–water partition coefficient (Wildman–Crippen LogP) is 2.58. The Kier molecular flexibility index (Phi) is 3.27. The SMILES string of the molecule is CCC(C)c1ccc(NC2CNC2)cc1. The molecule has 1 aromatic rings. The Labute approximate surface area is 92.1 Å². The van der Waals surface area contributed by atoms with Crippen molar-refractivity contribution in [2.24, 2.45) is 0 Å². The van der Waals surface area contributed by atoms with Gasteiger partial charge in [0.05, 0.1) is 6.04 Å². The fourth-order valence-corrected chi connectivity index (χ4v) is 1.77. The standard InChI is InChI=1S/C13H20N2/c1-3-10(2)11-4-6-12(7-5-11)15-13-8-14-9-13/h4-7,10,13-15H,3,8-9H2,1-2H3. The molecule has 1 aromatic carbocycles. The minimum atomic E-state index is 0.624. The van der Waals surface area contributed by atoms with E-state index in [-0.39, 0.29) is 0 Å². The van der Waals surface area contributed by atoms with Crippen molar-refractivity contribution in [3.8, 4) is 0 Å². The number of rotatable bonds is 4. The lowest BCUT2D eigenvalue weighted by Crippen LogP contribution is -2.51. The summed E-state index contributed by atoms with van der Waals surface area (Å²) in [5.74, 6) is 0.671. The number of benzene rings is 1. The molecule has 0 saturated carbocycles. The van der Waals surface area contributed by atoms with Gasteiger partial charge in [0.2, 0.25) is 0 Å². The first-order valence-corrected chi connectivity index (χ1v) is 5.87. The third-order valence-corrected chi connectivity index (χ3v) is 3.24. The monoisotopic (exact) mass is 204 g/mol. The second kappa shape index (κ2) is 4.67. The molecule has 1 aliphatic heterocycles. The Morgan fingerprint density at radius 2 is 2.00 bits per heavy atom. The second-order valence-corrected chi connectivity index (χ2v) is 4.43. The largest absolute Gasteiger partial charge is 0.380 e. The molecule has 1 atom stereocenters. The van der Waals surface area contributed by atoms with Crippen LogP contribution in [0.2, 0.25) is 0 Å². The van der Waals surface area contributed by atoms with Crippen LogP contribution < -0.4 is 10.6 Å². The quantitative estimate of drug-likeness (QED) is 0.787. The third kappa shape index (κ3) is 2.51. The van der Waals surface area contributed by atoms with Gasteiger partial charge in [-0.2, -0.15) is 0 Å². The first kappa shape index (κ1) is 10.5. The van der Waals surface area contributed by atoms with Gasteiger partial charge in [0, 0.05) is 18.8 Å². The maximum absolute atomic E-state index is 3.50. The van der Waals surface area contributed by atoms with Crippen LogP contribution in [-0.2, 0) is 0 Å². The van der Waals surface area contributed by atoms with E-state index in [2.05, 4.69) is 48.7 Å². The molecule has 1 fully saturated rings. The molecule has 1 heterocycles. The van der Waals surface area contributed by atoms with Gasteiger partial charge in [-0.15, -0.1) is 0 Å². The lowest BCUT2D eigenvalue weighted by Gasteiger charge is -2.29. The molecule has 2 heteroatoms. The number of hydrogen-bond acceptors (Lipinski definition) is 2. The van der Waals surface area contributed by atoms with Crippen LogP contribution in [0.15, 0.2) is 24.3 Å². The number of nitrogens with one attached hydrogen (secondary N) is 2. The van der Waals surface area contributed by atoms with E-state index in [9.17, 15) is 0 Å². The van der Waals surface area contributed by atoms with Crippen molar-refractivity contribution in [1.29, 1.82) is 0 Å². The van der Waals surface area contributed by atoms with Crippen molar-refractivity contribution in [1.82, 2.24) is 5.32 Å². The summed E-state index contributed by atoms with van der Waals surface area (Å²) in [5.41, 5.74) is 2.68. The van der Waals surface area contributed by atoms with Gasteiger partial charge in [-0.05, 0) is 30.0 Å². The van der Waals surface area contributed by atoms with E-state index in [0.29, 0.717) is 12.0 Å². The van der Waals surface area contributed by atoms with Crippen LogP contribution in [0.3, 0.4) is 0 Å². The van der Waals surface area contributed by atoms with Crippen LogP contribution in [-0.4, -0.2) is 19.1 Å². The van der Waals surface area contributed by atoms with Crippen LogP contribution >= 0.6 is 0 Å². The van der Waals surface area contributed by atoms with E-state index in [0.717, 1.165) is 13.1 Å². The molecule has 1 aliphatic rings. The fraction of sp³-hybridized carbons (Fsp3) is 0.538. The molecule has 0 spiro atoms. The number of anilines is 1. The molecule has 2 nitrogen and oxygen atoms in total. The van der Waals surface area contributed by atoms with Gasteiger partial charge in [0.1, 0.15) is 0 Å². The topological polar surface area (TPSA) is 24.1 Å². The van der Waals surface area contributed by atoms with E-state index in [4.69, 9.17) is 0 Å².